The molecule has 1 aliphatic heterocycles. The van der Waals surface area contributed by atoms with Crippen LogP contribution < -0.4 is 16.0 Å². The van der Waals surface area contributed by atoms with Crippen molar-refractivity contribution < 1.29 is 28.7 Å². The van der Waals surface area contributed by atoms with Crippen molar-refractivity contribution in [2.75, 3.05) is 32.8 Å². The minimum Gasteiger partial charge on any atom is -0.459 e. The topological polar surface area (TPSA) is 126 Å². The van der Waals surface area contributed by atoms with Crippen LogP contribution in [-0.2, 0) is 41.7 Å². The number of esters is 1. The predicted molar refractivity (Wildman–Crippen MR) is 188 cm³/mol. The number of aryl methyl sites for hydroxylation is 1. The molecule has 3 N–H and O–H groups in total. The largest absolute Gasteiger partial charge is 0.459 e. The third-order valence-electron chi connectivity index (χ3n) is 8.42. The Labute approximate surface area is 289 Å². The predicted octanol–water partition coefficient (Wildman–Crippen LogP) is 4.35. The van der Waals surface area contributed by atoms with Crippen LogP contribution in [0.2, 0.25) is 0 Å². The van der Waals surface area contributed by atoms with Crippen LogP contribution in [0.15, 0.2) is 91.0 Å². The first kappa shape index (κ1) is 37.3. The maximum atomic E-state index is 13.9. The number of hydrogen-bond acceptors (Lipinski definition) is 7. The van der Waals surface area contributed by atoms with E-state index in [0.29, 0.717) is 52.0 Å². The fourth-order valence-corrected chi connectivity index (χ4v) is 5.76. The maximum Gasteiger partial charge on any atom is 0.328 e. The number of carbonyl (C=O) groups excluding carboxylic acids is 4. The second-order valence-electron chi connectivity index (χ2n) is 12.9. The number of rotatable bonds is 18. The summed E-state index contributed by atoms with van der Waals surface area (Å²) in [5.74, 6) is -1.18. The smallest absolute Gasteiger partial charge is 0.328 e. The van der Waals surface area contributed by atoms with E-state index in [4.69, 9.17) is 9.47 Å². The van der Waals surface area contributed by atoms with Gasteiger partial charge in [0.1, 0.15) is 18.7 Å². The number of ether oxygens (including phenoxy) is 2. The number of nitrogens with zero attached hydrogens (tertiary/aromatic N) is 1. The number of nitrogens with one attached hydrogen (secondary N) is 3. The van der Waals surface area contributed by atoms with Gasteiger partial charge in [-0.2, -0.15) is 0 Å². The molecule has 1 aliphatic rings. The first-order valence-electron chi connectivity index (χ1n) is 17.3. The van der Waals surface area contributed by atoms with E-state index in [9.17, 15) is 19.2 Å². The second-order valence-corrected chi connectivity index (χ2v) is 12.9. The lowest BCUT2D eigenvalue weighted by Gasteiger charge is -2.28. The standard InChI is InChI=1S/C39H50N4O6/c1-29(2)26-35(39(47)49-28-31-14-8-4-9-15-31)41-36(44)21-20-33(32-16-10-5-11-17-32)42-38(46)34(19-18-30-12-6-3-7-13-30)40-37(45)27-43-22-24-48-25-23-43/h3-17,29,33-35H,18-28H2,1-2H3,(H,40,45)(H,41,44)(H,42,46)/t33?,34-,35-/m0/s1. The van der Waals surface area contributed by atoms with Crippen molar-refractivity contribution in [1.29, 1.82) is 0 Å². The summed E-state index contributed by atoms with van der Waals surface area (Å²) >= 11 is 0. The van der Waals surface area contributed by atoms with Crippen LogP contribution in [-0.4, -0.2) is 73.5 Å². The number of carbonyl (C=O) groups is 4. The second kappa shape index (κ2) is 20.1. The van der Waals surface area contributed by atoms with Crippen molar-refractivity contribution in [2.24, 2.45) is 5.92 Å². The van der Waals surface area contributed by atoms with E-state index in [0.717, 1.165) is 16.7 Å². The van der Waals surface area contributed by atoms with E-state index in [1.54, 1.807) is 0 Å². The number of amides is 3. The van der Waals surface area contributed by atoms with Gasteiger partial charge in [-0.05, 0) is 48.3 Å². The molecule has 1 fully saturated rings. The van der Waals surface area contributed by atoms with Gasteiger partial charge >= 0.3 is 5.97 Å². The summed E-state index contributed by atoms with van der Waals surface area (Å²) in [6.45, 7) is 6.75. The fourth-order valence-electron chi connectivity index (χ4n) is 5.76. The average molecular weight is 671 g/mol. The molecule has 3 aromatic carbocycles. The van der Waals surface area contributed by atoms with Crippen LogP contribution in [0.3, 0.4) is 0 Å². The van der Waals surface area contributed by atoms with Crippen molar-refractivity contribution in [3.8, 4) is 0 Å². The Bertz CT molecular complexity index is 1450. The minimum atomic E-state index is -0.787. The van der Waals surface area contributed by atoms with Gasteiger partial charge in [0, 0.05) is 19.5 Å². The quantitative estimate of drug-likeness (QED) is 0.172. The molecule has 49 heavy (non-hydrogen) atoms. The zero-order valence-electron chi connectivity index (χ0n) is 28.6. The summed E-state index contributed by atoms with van der Waals surface area (Å²) < 4.78 is 10.9. The summed E-state index contributed by atoms with van der Waals surface area (Å²) in [4.78, 5) is 55.3. The summed E-state index contributed by atoms with van der Waals surface area (Å²) in [6.07, 6.45) is 1.81. The zero-order valence-corrected chi connectivity index (χ0v) is 28.6. The van der Waals surface area contributed by atoms with Crippen LogP contribution >= 0.6 is 0 Å². The average Bonchev–Trinajstić information content (AvgIpc) is 3.11. The first-order valence-corrected chi connectivity index (χ1v) is 17.3. The molecule has 0 bridgehead atoms. The van der Waals surface area contributed by atoms with E-state index >= 15 is 0 Å². The Balaban J connectivity index is 1.40. The molecule has 3 aromatic rings. The highest BCUT2D eigenvalue weighted by Gasteiger charge is 2.27. The minimum absolute atomic E-state index is 0.0679. The molecule has 0 aliphatic carbocycles. The molecule has 0 aromatic heterocycles. The highest BCUT2D eigenvalue weighted by molar-refractivity contribution is 5.89. The molecular formula is C39H50N4O6. The Morgan fingerprint density at radius 1 is 0.735 bits per heavy atom. The van der Waals surface area contributed by atoms with Gasteiger partial charge in [0.25, 0.3) is 0 Å². The SMILES string of the molecule is CC(C)C[C@H](NC(=O)CCC(NC(=O)[C@H](CCc1ccccc1)NC(=O)CN1CCOCC1)c1ccccc1)C(=O)OCc1ccccc1. The molecular weight excluding hydrogens is 620 g/mol. The normalized spacial score (nSPS) is 15.1. The Kier molecular flexibility index (Phi) is 15.3. The highest BCUT2D eigenvalue weighted by Crippen LogP contribution is 2.20. The fraction of sp³-hybridized carbons (Fsp3) is 0.436. The van der Waals surface area contributed by atoms with Crippen LogP contribution in [0, 0.1) is 5.92 Å². The van der Waals surface area contributed by atoms with Gasteiger partial charge in [0.05, 0.1) is 25.8 Å². The maximum absolute atomic E-state index is 13.9. The lowest BCUT2D eigenvalue weighted by Crippen LogP contribution is -2.51. The third-order valence-corrected chi connectivity index (χ3v) is 8.42. The molecule has 10 heteroatoms. The van der Waals surface area contributed by atoms with E-state index in [1.807, 2.05) is 110 Å². The number of hydrogen-bond donors (Lipinski definition) is 3. The molecule has 0 spiro atoms. The molecule has 3 amide bonds. The number of benzene rings is 3. The van der Waals surface area contributed by atoms with Gasteiger partial charge in [-0.15, -0.1) is 0 Å². The van der Waals surface area contributed by atoms with Crippen molar-refractivity contribution in [1.82, 2.24) is 20.9 Å². The van der Waals surface area contributed by atoms with E-state index in [1.165, 1.54) is 0 Å². The van der Waals surface area contributed by atoms with E-state index in [-0.39, 0.29) is 43.2 Å². The first-order chi connectivity index (χ1) is 23.8. The molecule has 1 unspecified atom stereocenters. The molecule has 262 valence electrons. The van der Waals surface area contributed by atoms with Gasteiger partial charge in [0.15, 0.2) is 0 Å². The zero-order chi connectivity index (χ0) is 34.8. The lowest BCUT2D eigenvalue weighted by atomic mass is 9.99. The van der Waals surface area contributed by atoms with Crippen LogP contribution in [0.1, 0.15) is 62.3 Å². The van der Waals surface area contributed by atoms with Crippen molar-refractivity contribution in [2.45, 2.75) is 70.7 Å². The monoisotopic (exact) mass is 670 g/mol. The van der Waals surface area contributed by atoms with Gasteiger partial charge in [0.2, 0.25) is 17.7 Å². The van der Waals surface area contributed by atoms with Crippen LogP contribution in [0.25, 0.3) is 0 Å². The Morgan fingerprint density at radius 2 is 1.33 bits per heavy atom. The molecule has 1 saturated heterocycles. The van der Waals surface area contributed by atoms with Gasteiger partial charge in [-0.25, -0.2) is 4.79 Å². The third kappa shape index (κ3) is 13.5. The van der Waals surface area contributed by atoms with Gasteiger partial charge in [-0.3, -0.25) is 19.3 Å². The van der Waals surface area contributed by atoms with Crippen molar-refractivity contribution in [3.63, 3.8) is 0 Å². The summed E-state index contributed by atoms with van der Waals surface area (Å²) in [6, 6.07) is 26.7. The van der Waals surface area contributed by atoms with Crippen LogP contribution in [0.5, 0.6) is 0 Å². The Morgan fingerprint density at radius 3 is 1.96 bits per heavy atom. The summed E-state index contributed by atoms with van der Waals surface area (Å²) in [7, 11) is 0. The summed E-state index contributed by atoms with van der Waals surface area (Å²) in [5.41, 5.74) is 2.77. The van der Waals surface area contributed by atoms with Gasteiger partial charge in [-0.1, -0.05) is 105 Å². The molecule has 10 nitrogen and oxygen atoms in total. The van der Waals surface area contributed by atoms with E-state index < -0.39 is 24.1 Å². The Hall–Kier alpha value is -4.54. The molecule has 4 rings (SSSR count). The highest BCUT2D eigenvalue weighted by atomic mass is 16.5. The van der Waals surface area contributed by atoms with Crippen molar-refractivity contribution in [3.05, 3.63) is 108 Å². The summed E-state index contributed by atoms with van der Waals surface area (Å²) in [5, 5.41) is 8.97. The lowest BCUT2D eigenvalue weighted by molar-refractivity contribution is -0.149. The van der Waals surface area contributed by atoms with Crippen LogP contribution in [0.4, 0.5) is 0 Å². The van der Waals surface area contributed by atoms with Crippen molar-refractivity contribution >= 4 is 23.7 Å². The molecule has 3 atom stereocenters. The van der Waals surface area contributed by atoms with Gasteiger partial charge < -0.3 is 25.4 Å². The number of morpholine rings is 1. The molecule has 0 saturated carbocycles. The molecule has 0 radical (unpaired) electrons. The van der Waals surface area contributed by atoms with E-state index in [2.05, 4.69) is 16.0 Å². The molecule has 1 heterocycles.